The summed E-state index contributed by atoms with van der Waals surface area (Å²) in [6.45, 7) is 6.79. The number of rotatable bonds is 4. The molecule has 0 spiro atoms. The molecule has 1 aliphatic carbocycles. The molecule has 2 aromatic rings. The zero-order valence-corrected chi connectivity index (χ0v) is 13.2. The van der Waals surface area contributed by atoms with E-state index >= 15 is 0 Å². The average Bonchev–Trinajstić information content (AvgIpc) is 3.20. The zero-order chi connectivity index (χ0) is 15.5. The smallest absolute Gasteiger partial charge is 0.148 e. The van der Waals surface area contributed by atoms with Crippen molar-refractivity contribution in [2.75, 3.05) is 0 Å². The molecule has 0 radical (unpaired) electrons. The Bertz CT molecular complexity index is 720. The number of hydrogen-bond donors (Lipinski definition) is 0. The predicted molar refractivity (Wildman–Crippen MR) is 84.3 cm³/mol. The fourth-order valence-electron chi connectivity index (χ4n) is 2.02. The van der Waals surface area contributed by atoms with Crippen molar-refractivity contribution in [3.05, 3.63) is 24.0 Å². The number of hydrogen-bond acceptors (Lipinski definition) is 4. The minimum absolute atomic E-state index is 0.0633. The lowest BCUT2D eigenvalue weighted by molar-refractivity contribution is 0.242. The lowest BCUT2D eigenvalue weighted by atomic mass is 10.2. The summed E-state index contributed by atoms with van der Waals surface area (Å²) >= 11 is 0. The highest BCUT2D eigenvalue weighted by Crippen LogP contribution is 2.29. The van der Waals surface area contributed by atoms with Crippen molar-refractivity contribution in [1.29, 1.82) is 0 Å². The van der Waals surface area contributed by atoms with Crippen LogP contribution < -0.4 is 4.74 Å². The molecule has 2 heterocycles. The summed E-state index contributed by atoms with van der Waals surface area (Å²) in [4.78, 5) is 4.50. The summed E-state index contributed by atoms with van der Waals surface area (Å²) < 4.78 is 7.67. The molecule has 5 heteroatoms. The third-order valence-electron chi connectivity index (χ3n) is 3.32. The van der Waals surface area contributed by atoms with Crippen LogP contribution in [0.1, 0.15) is 39.2 Å². The molecule has 0 atom stereocenters. The van der Waals surface area contributed by atoms with E-state index in [1.807, 2.05) is 33.0 Å². The summed E-state index contributed by atoms with van der Waals surface area (Å²) in [6, 6.07) is 1.95. The van der Waals surface area contributed by atoms with E-state index in [-0.39, 0.29) is 6.10 Å². The van der Waals surface area contributed by atoms with Crippen LogP contribution in [0.15, 0.2) is 18.5 Å². The molecular weight excluding hydrogens is 276 g/mol. The minimum Gasteiger partial charge on any atom is -0.489 e. The molecule has 0 aliphatic heterocycles. The molecule has 114 valence electrons. The Morgan fingerprint density at radius 1 is 1.41 bits per heavy atom. The number of aromatic nitrogens is 4. The van der Waals surface area contributed by atoms with E-state index in [9.17, 15) is 0 Å². The molecule has 0 N–H and O–H groups in total. The highest BCUT2D eigenvalue weighted by molar-refractivity contribution is 5.63. The van der Waals surface area contributed by atoms with Gasteiger partial charge in [-0.25, -0.2) is 4.98 Å². The largest absolute Gasteiger partial charge is 0.489 e. The van der Waals surface area contributed by atoms with Crippen molar-refractivity contribution in [2.45, 2.75) is 46.3 Å². The van der Waals surface area contributed by atoms with Gasteiger partial charge < -0.3 is 4.74 Å². The first-order chi connectivity index (χ1) is 10.7. The van der Waals surface area contributed by atoms with Gasteiger partial charge in [0.1, 0.15) is 17.1 Å². The molecule has 0 bridgehead atoms. The van der Waals surface area contributed by atoms with Gasteiger partial charge >= 0.3 is 0 Å². The predicted octanol–water partition coefficient (Wildman–Crippen LogP) is 2.91. The molecule has 2 aromatic heterocycles. The first kappa shape index (κ1) is 14.6. The fourth-order valence-corrected chi connectivity index (χ4v) is 2.02. The maximum atomic E-state index is 5.90. The van der Waals surface area contributed by atoms with Gasteiger partial charge in [-0.3, -0.25) is 4.68 Å². The Morgan fingerprint density at radius 2 is 2.23 bits per heavy atom. The Kier molecular flexibility index (Phi) is 4.10. The first-order valence-corrected chi connectivity index (χ1v) is 7.74. The normalized spacial score (nSPS) is 13.8. The van der Waals surface area contributed by atoms with E-state index in [0.717, 1.165) is 17.8 Å². The van der Waals surface area contributed by atoms with Crippen LogP contribution in [0.2, 0.25) is 0 Å². The third kappa shape index (κ3) is 3.45. The van der Waals surface area contributed by atoms with Crippen molar-refractivity contribution in [1.82, 2.24) is 20.0 Å². The molecule has 1 aliphatic rings. The second-order valence-electron chi connectivity index (χ2n) is 5.74. The van der Waals surface area contributed by atoms with E-state index in [1.54, 1.807) is 10.9 Å². The van der Waals surface area contributed by atoms with Gasteiger partial charge in [-0.05, 0) is 39.7 Å². The van der Waals surface area contributed by atoms with Gasteiger partial charge in [0.2, 0.25) is 0 Å². The van der Waals surface area contributed by atoms with Crippen LogP contribution in [0.25, 0.3) is 11.4 Å². The summed E-state index contributed by atoms with van der Waals surface area (Å²) in [5, 5.41) is 8.24. The monoisotopic (exact) mass is 296 g/mol. The second kappa shape index (κ2) is 6.18. The minimum atomic E-state index is 0.0633. The molecule has 1 fully saturated rings. The van der Waals surface area contributed by atoms with E-state index in [2.05, 4.69) is 27.1 Å². The topological polar surface area (TPSA) is 52.8 Å². The highest BCUT2D eigenvalue weighted by Gasteiger charge is 2.18. The molecule has 0 aromatic carbocycles. The van der Waals surface area contributed by atoms with Gasteiger partial charge in [0.25, 0.3) is 0 Å². The molecule has 1 saturated carbocycles. The molecule has 0 unspecified atom stereocenters. The number of pyridine rings is 1. The van der Waals surface area contributed by atoms with E-state index in [4.69, 9.17) is 4.74 Å². The summed E-state index contributed by atoms with van der Waals surface area (Å²) in [5.74, 6) is 7.71. The Morgan fingerprint density at radius 3 is 2.86 bits per heavy atom. The van der Waals surface area contributed by atoms with E-state index in [1.165, 1.54) is 12.8 Å². The fraction of sp³-hybridized carbons (Fsp3) is 0.471. The van der Waals surface area contributed by atoms with Crippen LogP contribution in [-0.4, -0.2) is 26.1 Å². The van der Waals surface area contributed by atoms with Crippen molar-refractivity contribution in [3.63, 3.8) is 0 Å². The zero-order valence-electron chi connectivity index (χ0n) is 13.2. The second-order valence-corrected chi connectivity index (χ2v) is 5.74. The van der Waals surface area contributed by atoms with Crippen LogP contribution in [-0.2, 0) is 6.54 Å². The Hall–Kier alpha value is -2.35. The molecule has 22 heavy (non-hydrogen) atoms. The van der Waals surface area contributed by atoms with Crippen LogP contribution in [0.4, 0.5) is 0 Å². The van der Waals surface area contributed by atoms with Crippen molar-refractivity contribution < 1.29 is 4.74 Å². The van der Waals surface area contributed by atoms with Gasteiger partial charge in [-0.2, -0.15) is 0 Å². The first-order valence-electron chi connectivity index (χ1n) is 7.74. The average molecular weight is 296 g/mol. The van der Waals surface area contributed by atoms with Crippen LogP contribution in [0, 0.1) is 17.8 Å². The van der Waals surface area contributed by atoms with Crippen molar-refractivity contribution in [3.8, 4) is 29.0 Å². The summed E-state index contributed by atoms with van der Waals surface area (Å²) in [5.41, 5.74) is 2.32. The van der Waals surface area contributed by atoms with Gasteiger partial charge in [0, 0.05) is 24.2 Å². The van der Waals surface area contributed by atoms with Crippen LogP contribution in [0.3, 0.4) is 0 Å². The molecule has 3 rings (SSSR count). The molecular formula is C17H20N4O. The maximum Gasteiger partial charge on any atom is 0.148 e. The van der Waals surface area contributed by atoms with Gasteiger partial charge in [0.15, 0.2) is 0 Å². The Labute approximate surface area is 130 Å². The number of aryl methyl sites for hydroxylation is 1. The lowest BCUT2D eigenvalue weighted by Crippen LogP contribution is -2.07. The number of nitrogens with zero attached hydrogens (tertiary/aromatic N) is 4. The quantitative estimate of drug-likeness (QED) is 0.814. The highest BCUT2D eigenvalue weighted by atomic mass is 16.5. The van der Waals surface area contributed by atoms with Crippen molar-refractivity contribution in [2.24, 2.45) is 5.92 Å². The van der Waals surface area contributed by atoms with Crippen molar-refractivity contribution >= 4 is 0 Å². The van der Waals surface area contributed by atoms with Gasteiger partial charge in [-0.1, -0.05) is 17.1 Å². The van der Waals surface area contributed by atoms with E-state index in [0.29, 0.717) is 17.4 Å². The summed E-state index contributed by atoms with van der Waals surface area (Å²) in [7, 11) is 0. The third-order valence-corrected chi connectivity index (χ3v) is 3.32. The van der Waals surface area contributed by atoms with Crippen LogP contribution >= 0.6 is 0 Å². The SMILES string of the molecule is CCn1cc(-c2ncc(C#CC3CC3)cc2OC(C)C)nn1. The number of ether oxygens (including phenoxy) is 1. The molecule has 0 saturated heterocycles. The molecule has 0 amide bonds. The van der Waals surface area contributed by atoms with E-state index < -0.39 is 0 Å². The lowest BCUT2D eigenvalue weighted by Gasteiger charge is -2.12. The van der Waals surface area contributed by atoms with Gasteiger partial charge in [0.05, 0.1) is 12.3 Å². The maximum absolute atomic E-state index is 5.90. The standard InChI is InChI=1S/C17H20N4O/c1-4-21-11-15(19-20-21)17-16(22-12(2)3)9-14(10-18-17)8-7-13-5-6-13/h9-13H,4-6H2,1-3H3. The molecule has 5 nitrogen and oxygen atoms in total. The van der Waals surface area contributed by atoms with Crippen LogP contribution in [0.5, 0.6) is 5.75 Å². The van der Waals surface area contributed by atoms with Gasteiger partial charge in [-0.15, -0.1) is 5.10 Å². The summed E-state index contributed by atoms with van der Waals surface area (Å²) in [6.07, 6.45) is 6.16. The Balaban J connectivity index is 1.95.